The Balaban J connectivity index is 1.61. The minimum Gasteiger partial charge on any atom is -0.490 e. The van der Waals surface area contributed by atoms with Crippen LogP contribution in [0.5, 0.6) is 5.75 Å². The average molecular weight is 440 g/mol. The largest absolute Gasteiger partial charge is 0.490 e. The molecule has 0 fully saturated rings. The van der Waals surface area contributed by atoms with Gasteiger partial charge in [0.2, 0.25) is 5.91 Å². The minimum atomic E-state index is -4.71. The van der Waals surface area contributed by atoms with Crippen molar-refractivity contribution in [2.45, 2.75) is 25.6 Å². The van der Waals surface area contributed by atoms with Crippen LogP contribution in [0.2, 0.25) is 0 Å². The number of carbonyl (C=O) groups is 1. The molecule has 0 saturated heterocycles. The predicted octanol–water partition coefficient (Wildman–Crippen LogP) is 2.77. The van der Waals surface area contributed by atoms with E-state index in [1.54, 1.807) is 0 Å². The van der Waals surface area contributed by atoms with Gasteiger partial charge in [-0.1, -0.05) is 0 Å². The van der Waals surface area contributed by atoms with Crippen LogP contribution >= 0.6 is 0 Å². The van der Waals surface area contributed by atoms with Gasteiger partial charge in [0.15, 0.2) is 6.04 Å². The lowest BCUT2D eigenvalue weighted by Crippen LogP contribution is -2.38. The molecular formula is C20H15F5N3O3. The molecule has 163 valence electrons. The summed E-state index contributed by atoms with van der Waals surface area (Å²) in [4.78, 5) is 27.3. The van der Waals surface area contributed by atoms with Crippen LogP contribution in [-0.2, 0) is 11.2 Å². The second-order valence-electron chi connectivity index (χ2n) is 7.10. The van der Waals surface area contributed by atoms with Gasteiger partial charge < -0.3 is 20.4 Å². The number of carbonyl (C=O) groups excluding carboxylic acids is 1. The van der Waals surface area contributed by atoms with Gasteiger partial charge in [-0.3, -0.25) is 9.59 Å². The molecule has 2 aliphatic heterocycles. The third-order valence-electron chi connectivity index (χ3n) is 5.11. The number of pyridine rings is 1. The summed E-state index contributed by atoms with van der Waals surface area (Å²) < 4.78 is 72.8. The number of hydrogen-bond acceptors (Lipinski definition) is 4. The molecule has 0 aliphatic carbocycles. The fraction of sp³-hybridized carbons (Fsp3) is 0.250. The first-order chi connectivity index (χ1) is 14.6. The summed E-state index contributed by atoms with van der Waals surface area (Å²) in [5.41, 5.74) is -1.19. The summed E-state index contributed by atoms with van der Waals surface area (Å²) in [6, 6.07) is -0.345. The number of amides is 1. The van der Waals surface area contributed by atoms with Crippen molar-refractivity contribution >= 4 is 12.0 Å². The van der Waals surface area contributed by atoms with Crippen molar-refractivity contribution in [3.8, 4) is 5.75 Å². The number of halogens is 5. The van der Waals surface area contributed by atoms with Crippen LogP contribution in [0.3, 0.4) is 0 Å². The van der Waals surface area contributed by atoms with Gasteiger partial charge in [0.05, 0.1) is 18.0 Å². The molecule has 0 spiro atoms. The highest BCUT2D eigenvalue weighted by Crippen LogP contribution is 2.38. The van der Waals surface area contributed by atoms with Crippen molar-refractivity contribution in [3.63, 3.8) is 0 Å². The number of H-pyrrole nitrogens is 1. The number of fused-ring (bicyclic) bond motifs is 2. The zero-order chi connectivity index (χ0) is 22.5. The normalized spacial score (nSPS) is 17.5. The van der Waals surface area contributed by atoms with Gasteiger partial charge in [0.1, 0.15) is 24.0 Å². The molecule has 3 N–H and O–H groups in total. The fourth-order valence-electron chi connectivity index (χ4n) is 3.74. The lowest BCUT2D eigenvalue weighted by molar-refractivity contribution is -0.121. The number of aromatic nitrogens is 1. The van der Waals surface area contributed by atoms with Crippen molar-refractivity contribution < 1.29 is 31.5 Å². The Labute approximate surface area is 172 Å². The second-order valence-corrected chi connectivity index (χ2v) is 7.10. The van der Waals surface area contributed by atoms with E-state index in [0.717, 1.165) is 12.3 Å². The van der Waals surface area contributed by atoms with E-state index in [2.05, 4.69) is 15.6 Å². The molecule has 2 aromatic rings. The van der Waals surface area contributed by atoms with E-state index in [1.165, 1.54) is 13.0 Å². The smallest absolute Gasteiger partial charge is 0.418 e. The van der Waals surface area contributed by atoms with E-state index >= 15 is 0 Å². The Kier molecular flexibility index (Phi) is 4.98. The summed E-state index contributed by atoms with van der Waals surface area (Å²) in [7, 11) is 0. The zero-order valence-corrected chi connectivity index (χ0v) is 15.9. The van der Waals surface area contributed by atoms with Gasteiger partial charge in [0.25, 0.3) is 5.56 Å². The molecule has 1 aromatic carbocycles. The molecule has 6 nitrogen and oxygen atoms in total. The Hall–Kier alpha value is -3.37. The van der Waals surface area contributed by atoms with Crippen molar-refractivity contribution in [1.82, 2.24) is 15.6 Å². The molecule has 31 heavy (non-hydrogen) atoms. The Bertz CT molecular complexity index is 1160. The number of alkyl halides is 3. The first-order valence-electron chi connectivity index (χ1n) is 9.10. The van der Waals surface area contributed by atoms with Gasteiger partial charge in [-0.15, -0.1) is 0 Å². The van der Waals surface area contributed by atoms with E-state index in [-0.39, 0.29) is 40.3 Å². The molecule has 0 saturated carbocycles. The van der Waals surface area contributed by atoms with Crippen molar-refractivity contribution in [1.29, 1.82) is 0 Å². The third-order valence-corrected chi connectivity index (χ3v) is 5.11. The molecule has 0 bridgehead atoms. The summed E-state index contributed by atoms with van der Waals surface area (Å²) in [6.45, 7) is 1.17. The maximum absolute atomic E-state index is 14.1. The summed E-state index contributed by atoms with van der Waals surface area (Å²) in [6.07, 6.45) is -2.91. The average Bonchev–Trinajstić information content (AvgIpc) is 3.06. The summed E-state index contributed by atoms with van der Waals surface area (Å²) in [5, 5.41) is 4.62. The first-order valence-corrected chi connectivity index (χ1v) is 9.10. The van der Waals surface area contributed by atoms with Crippen LogP contribution < -0.4 is 20.9 Å². The van der Waals surface area contributed by atoms with E-state index in [1.807, 2.05) is 0 Å². The molecule has 3 heterocycles. The number of benzene rings is 1. The molecule has 4 rings (SSSR count). The lowest BCUT2D eigenvalue weighted by Gasteiger charge is -2.27. The standard InChI is InChI=1S/C20H15F5N3O3/c1-8-10(19(30)28-12-2-3-26-18(16(8)12)20(23,24)25)6-15(29)27-13-7-31-14-5-9(21)4-11(22)17(13)14/h2-5,13,26H,6-7H2,1H3,(H,27,29)(H,28,30)/t13-/m0/s1. The van der Waals surface area contributed by atoms with E-state index < -0.39 is 47.8 Å². The molecule has 0 unspecified atom stereocenters. The van der Waals surface area contributed by atoms with Gasteiger partial charge in [0, 0.05) is 29.0 Å². The highest BCUT2D eigenvalue weighted by atomic mass is 19.4. The van der Waals surface area contributed by atoms with Crippen LogP contribution in [-0.4, -0.2) is 23.7 Å². The Morgan fingerprint density at radius 3 is 2.74 bits per heavy atom. The van der Waals surface area contributed by atoms with Crippen molar-refractivity contribution in [2.24, 2.45) is 0 Å². The van der Waals surface area contributed by atoms with Gasteiger partial charge in [-0.25, -0.2) is 8.78 Å². The molecule has 11 heteroatoms. The molecular weight excluding hydrogens is 425 g/mol. The predicted molar refractivity (Wildman–Crippen MR) is 98.8 cm³/mol. The fourth-order valence-corrected chi connectivity index (χ4v) is 3.74. The Morgan fingerprint density at radius 2 is 2.03 bits per heavy atom. The zero-order valence-electron chi connectivity index (χ0n) is 15.9. The number of aromatic amines is 1. The number of hydrogen-bond donors (Lipinski definition) is 3. The number of rotatable bonds is 3. The molecule has 2 aliphatic rings. The molecule has 1 amide bonds. The van der Waals surface area contributed by atoms with Gasteiger partial charge in [-0.2, -0.15) is 13.2 Å². The second kappa shape index (κ2) is 7.40. The van der Waals surface area contributed by atoms with Crippen LogP contribution in [0.1, 0.15) is 34.0 Å². The number of ether oxygens (including phenoxy) is 1. The van der Waals surface area contributed by atoms with Crippen LogP contribution in [0.15, 0.2) is 23.1 Å². The summed E-state index contributed by atoms with van der Waals surface area (Å²) in [5.74, 6) is -2.51. The van der Waals surface area contributed by atoms with Crippen molar-refractivity contribution in [3.05, 3.63) is 74.3 Å². The quantitative estimate of drug-likeness (QED) is 0.642. The van der Waals surface area contributed by atoms with Crippen LogP contribution in [0, 0.1) is 24.6 Å². The molecule has 1 radical (unpaired) electrons. The molecule has 1 aromatic heterocycles. The maximum Gasteiger partial charge on any atom is 0.418 e. The molecule has 1 atom stereocenters. The van der Waals surface area contributed by atoms with Crippen LogP contribution in [0.25, 0.3) is 6.08 Å². The minimum absolute atomic E-state index is 0.00519. The lowest BCUT2D eigenvalue weighted by atomic mass is 9.92. The monoisotopic (exact) mass is 440 g/mol. The summed E-state index contributed by atoms with van der Waals surface area (Å²) >= 11 is 0. The van der Waals surface area contributed by atoms with E-state index in [0.29, 0.717) is 6.07 Å². The highest BCUT2D eigenvalue weighted by Gasteiger charge is 2.45. The van der Waals surface area contributed by atoms with Crippen molar-refractivity contribution in [2.75, 3.05) is 6.61 Å². The van der Waals surface area contributed by atoms with Crippen LogP contribution in [0.4, 0.5) is 22.0 Å². The topological polar surface area (TPSA) is 83.2 Å². The SMILES string of the molecule is Cc1c2c([nH]c(=O)c1CC(=O)N[C@H]1COc3cc(F)cc(F)c31)C=CN[C]2C(F)(F)F. The Morgan fingerprint density at radius 1 is 1.29 bits per heavy atom. The van der Waals surface area contributed by atoms with E-state index in [9.17, 15) is 31.5 Å². The van der Waals surface area contributed by atoms with Gasteiger partial charge >= 0.3 is 6.18 Å². The third kappa shape index (κ3) is 3.75. The highest BCUT2D eigenvalue weighted by molar-refractivity contribution is 5.80. The van der Waals surface area contributed by atoms with E-state index in [4.69, 9.17) is 4.74 Å². The maximum atomic E-state index is 14.1. The first kappa shape index (κ1) is 20.9. The van der Waals surface area contributed by atoms with Gasteiger partial charge in [-0.05, 0) is 24.8 Å². The number of nitrogens with one attached hydrogen (secondary N) is 3.